The summed E-state index contributed by atoms with van der Waals surface area (Å²) in [5.41, 5.74) is 0. The van der Waals surface area contributed by atoms with E-state index in [9.17, 15) is 0 Å². The lowest BCUT2D eigenvalue weighted by Crippen LogP contribution is -2.43. The number of halogens is 1. The molecule has 1 atom stereocenters. The lowest BCUT2D eigenvalue weighted by Gasteiger charge is -2.38. The van der Waals surface area contributed by atoms with Crippen molar-refractivity contribution in [3.63, 3.8) is 0 Å². The minimum Gasteiger partial charge on any atom is -0.410 e. The van der Waals surface area contributed by atoms with Crippen LogP contribution in [0, 0.1) is 0 Å². The Balaban J connectivity index is 4.59. The summed E-state index contributed by atoms with van der Waals surface area (Å²) in [7, 11) is -1.65. The van der Waals surface area contributed by atoms with E-state index in [1.54, 1.807) is 0 Å². The van der Waals surface area contributed by atoms with Gasteiger partial charge in [-0.15, -0.1) is 0 Å². The summed E-state index contributed by atoms with van der Waals surface area (Å²) < 4.78 is 8.45. The van der Waals surface area contributed by atoms with E-state index in [1.165, 1.54) is 0 Å². The first kappa shape index (κ1) is 17.4. The van der Waals surface area contributed by atoms with E-state index in [-0.39, 0.29) is 11.1 Å². The molecule has 0 saturated heterocycles. The summed E-state index contributed by atoms with van der Waals surface area (Å²) in [6, 6.07) is 0. The van der Waals surface area contributed by atoms with Gasteiger partial charge < -0.3 is 4.43 Å². The Morgan fingerprint density at radius 3 is 2.24 bits per heavy atom. The van der Waals surface area contributed by atoms with Crippen molar-refractivity contribution in [1.82, 2.24) is 0 Å². The molecule has 0 aromatic heterocycles. The van der Waals surface area contributed by atoms with E-state index in [4.69, 9.17) is 4.43 Å². The fourth-order valence-electron chi connectivity index (χ4n) is 1.20. The SMILES string of the molecule is CC/C=C/CC(/C=C/I)O[Si](C)(C)C(C)(C)C. The molecule has 0 bridgehead atoms. The van der Waals surface area contributed by atoms with Crippen LogP contribution in [0.1, 0.15) is 40.5 Å². The van der Waals surface area contributed by atoms with E-state index in [2.05, 4.69) is 85.7 Å². The van der Waals surface area contributed by atoms with Gasteiger partial charge >= 0.3 is 0 Å². The molecule has 0 aliphatic carbocycles. The molecular formula is C14H27IOSi. The van der Waals surface area contributed by atoms with Crippen LogP contribution < -0.4 is 0 Å². The van der Waals surface area contributed by atoms with Gasteiger partial charge in [-0.25, -0.2) is 0 Å². The normalized spacial score (nSPS) is 15.9. The van der Waals surface area contributed by atoms with E-state index in [0.717, 1.165) is 12.8 Å². The summed E-state index contributed by atoms with van der Waals surface area (Å²) in [5.74, 6) is 0. The molecule has 0 amide bonds. The van der Waals surface area contributed by atoms with Gasteiger partial charge in [0.2, 0.25) is 0 Å². The molecule has 0 aliphatic heterocycles. The summed E-state index contributed by atoms with van der Waals surface area (Å²) in [6.07, 6.45) is 8.93. The number of hydrogen-bond acceptors (Lipinski definition) is 1. The average Bonchev–Trinajstić information content (AvgIpc) is 2.16. The summed E-state index contributed by atoms with van der Waals surface area (Å²) in [4.78, 5) is 0. The van der Waals surface area contributed by atoms with Crippen molar-refractivity contribution in [2.24, 2.45) is 0 Å². The molecule has 0 aliphatic rings. The highest BCUT2D eigenvalue weighted by atomic mass is 127. The van der Waals surface area contributed by atoms with Crippen LogP contribution in [-0.2, 0) is 4.43 Å². The van der Waals surface area contributed by atoms with Crippen LogP contribution in [0.4, 0.5) is 0 Å². The Morgan fingerprint density at radius 2 is 1.82 bits per heavy atom. The highest BCUT2D eigenvalue weighted by Gasteiger charge is 2.38. The Hall–Kier alpha value is 0.387. The maximum atomic E-state index is 6.39. The van der Waals surface area contributed by atoms with Crippen molar-refractivity contribution in [3.8, 4) is 0 Å². The lowest BCUT2D eigenvalue weighted by molar-refractivity contribution is 0.228. The third-order valence-corrected chi connectivity index (χ3v) is 8.23. The average molecular weight is 366 g/mol. The van der Waals surface area contributed by atoms with Gasteiger partial charge in [0, 0.05) is 0 Å². The molecule has 0 saturated carbocycles. The smallest absolute Gasteiger partial charge is 0.192 e. The maximum absolute atomic E-state index is 6.39. The second kappa shape index (κ2) is 7.74. The molecule has 17 heavy (non-hydrogen) atoms. The highest BCUT2D eigenvalue weighted by Crippen LogP contribution is 2.37. The summed E-state index contributed by atoms with van der Waals surface area (Å²) in [6.45, 7) is 13.6. The van der Waals surface area contributed by atoms with Crippen molar-refractivity contribution < 1.29 is 4.43 Å². The van der Waals surface area contributed by atoms with Crippen LogP contribution in [0.2, 0.25) is 18.1 Å². The predicted molar refractivity (Wildman–Crippen MR) is 89.3 cm³/mol. The van der Waals surface area contributed by atoms with Gasteiger partial charge in [-0.1, -0.05) is 68.5 Å². The Bertz CT molecular complexity index is 264. The second-order valence-electron chi connectivity index (χ2n) is 5.85. The molecule has 0 aromatic rings. The van der Waals surface area contributed by atoms with Crippen LogP contribution in [0.5, 0.6) is 0 Å². The molecule has 0 aromatic carbocycles. The molecule has 0 rings (SSSR count). The molecule has 0 N–H and O–H groups in total. The fourth-order valence-corrected chi connectivity index (χ4v) is 2.95. The molecule has 0 fully saturated rings. The van der Waals surface area contributed by atoms with E-state index in [1.807, 2.05) is 0 Å². The van der Waals surface area contributed by atoms with Gasteiger partial charge in [0.05, 0.1) is 6.10 Å². The summed E-state index contributed by atoms with van der Waals surface area (Å²) >= 11 is 2.27. The largest absolute Gasteiger partial charge is 0.410 e. The van der Waals surface area contributed by atoms with Gasteiger partial charge in [-0.2, -0.15) is 0 Å². The van der Waals surface area contributed by atoms with Crippen molar-refractivity contribution in [1.29, 1.82) is 0 Å². The first-order valence-electron chi connectivity index (χ1n) is 6.34. The number of allylic oxidation sites excluding steroid dienone is 1. The zero-order valence-electron chi connectivity index (χ0n) is 12.1. The molecule has 0 heterocycles. The van der Waals surface area contributed by atoms with Gasteiger partial charge in [0.15, 0.2) is 8.32 Å². The van der Waals surface area contributed by atoms with Gasteiger partial charge in [-0.05, 0) is 35.1 Å². The predicted octanol–water partition coefficient (Wildman–Crippen LogP) is 5.68. The Labute approximate surface area is 122 Å². The zero-order valence-corrected chi connectivity index (χ0v) is 15.2. The highest BCUT2D eigenvalue weighted by molar-refractivity contribution is 14.1. The van der Waals surface area contributed by atoms with Crippen molar-refractivity contribution in [3.05, 3.63) is 22.3 Å². The number of rotatable bonds is 6. The van der Waals surface area contributed by atoms with Crippen molar-refractivity contribution in [2.45, 2.75) is 64.8 Å². The minimum absolute atomic E-state index is 0.232. The molecule has 0 radical (unpaired) electrons. The van der Waals surface area contributed by atoms with Crippen molar-refractivity contribution >= 4 is 30.9 Å². The minimum atomic E-state index is -1.65. The lowest BCUT2D eigenvalue weighted by atomic mass is 10.2. The van der Waals surface area contributed by atoms with Crippen LogP contribution in [0.15, 0.2) is 22.3 Å². The first-order valence-corrected chi connectivity index (χ1v) is 10.5. The molecule has 0 spiro atoms. The molecule has 1 unspecified atom stereocenters. The molecule has 100 valence electrons. The Kier molecular flexibility index (Phi) is 7.92. The third-order valence-electron chi connectivity index (χ3n) is 3.31. The van der Waals surface area contributed by atoms with E-state index < -0.39 is 8.32 Å². The van der Waals surface area contributed by atoms with E-state index in [0.29, 0.717) is 0 Å². The quantitative estimate of drug-likeness (QED) is 0.334. The number of hydrogen-bond donors (Lipinski definition) is 0. The van der Waals surface area contributed by atoms with Gasteiger partial charge in [-0.3, -0.25) is 0 Å². The topological polar surface area (TPSA) is 9.23 Å². The monoisotopic (exact) mass is 366 g/mol. The van der Waals surface area contributed by atoms with Gasteiger partial charge in [0.25, 0.3) is 0 Å². The standard InChI is InChI=1S/C14H27IOSi/c1-7-8-9-10-13(11-12-15)16-17(5,6)14(2,3)4/h8-9,11-13H,7,10H2,1-6H3/b9-8+,12-11+. The first-order chi connectivity index (χ1) is 7.74. The fraction of sp³-hybridized carbons (Fsp3) is 0.714. The van der Waals surface area contributed by atoms with Crippen LogP contribution in [0.25, 0.3) is 0 Å². The van der Waals surface area contributed by atoms with Crippen LogP contribution in [0.3, 0.4) is 0 Å². The van der Waals surface area contributed by atoms with Crippen LogP contribution >= 0.6 is 22.6 Å². The Morgan fingerprint density at radius 1 is 1.24 bits per heavy atom. The molecular weight excluding hydrogens is 339 g/mol. The zero-order chi connectivity index (χ0) is 13.5. The maximum Gasteiger partial charge on any atom is 0.192 e. The van der Waals surface area contributed by atoms with Gasteiger partial charge in [0.1, 0.15) is 0 Å². The third kappa shape index (κ3) is 6.77. The van der Waals surface area contributed by atoms with Crippen LogP contribution in [-0.4, -0.2) is 14.4 Å². The van der Waals surface area contributed by atoms with Crippen molar-refractivity contribution in [2.75, 3.05) is 0 Å². The molecule has 1 nitrogen and oxygen atoms in total. The molecule has 3 heteroatoms. The second-order valence-corrected chi connectivity index (χ2v) is 11.3. The van der Waals surface area contributed by atoms with E-state index >= 15 is 0 Å². The summed E-state index contributed by atoms with van der Waals surface area (Å²) in [5, 5.41) is 0.277.